The summed E-state index contributed by atoms with van der Waals surface area (Å²) in [6.07, 6.45) is 5.46. The van der Waals surface area contributed by atoms with Crippen LogP contribution >= 0.6 is 0 Å². The molecule has 4 heteroatoms. The molecule has 3 nitrogen and oxygen atoms in total. The Morgan fingerprint density at radius 3 is 2.41 bits per heavy atom. The Morgan fingerprint density at radius 1 is 0.897 bits per heavy atom. The summed E-state index contributed by atoms with van der Waals surface area (Å²) in [5, 5.41) is 6.76. The lowest BCUT2D eigenvalue weighted by molar-refractivity contribution is 0.504. The summed E-state index contributed by atoms with van der Waals surface area (Å²) in [6, 6.07) is 22.2. The van der Waals surface area contributed by atoms with Gasteiger partial charge in [-0.2, -0.15) is 5.10 Å². The van der Waals surface area contributed by atoms with Crippen molar-refractivity contribution < 1.29 is 4.39 Å². The summed E-state index contributed by atoms with van der Waals surface area (Å²) < 4.78 is 15.3. The van der Waals surface area contributed by atoms with Crippen molar-refractivity contribution in [3.63, 3.8) is 0 Å². The molecule has 1 heterocycles. The zero-order valence-corrected chi connectivity index (χ0v) is 16.1. The molecule has 1 aromatic heterocycles. The topological polar surface area (TPSA) is 41.6 Å². The van der Waals surface area contributed by atoms with Crippen LogP contribution < -0.4 is 0 Å². The number of fused-ring (bicyclic) bond motifs is 1. The van der Waals surface area contributed by atoms with Crippen LogP contribution in [0, 0.1) is 11.7 Å². The van der Waals surface area contributed by atoms with E-state index in [2.05, 4.69) is 39.4 Å². The van der Waals surface area contributed by atoms with Gasteiger partial charge >= 0.3 is 0 Å². The van der Waals surface area contributed by atoms with Gasteiger partial charge in [0.05, 0.1) is 0 Å². The minimum atomic E-state index is -0.113. The summed E-state index contributed by atoms with van der Waals surface area (Å²) in [5.41, 5.74) is 6.09. The Bertz CT molecular complexity index is 1110. The van der Waals surface area contributed by atoms with Crippen LogP contribution in [0.2, 0.25) is 0 Å². The fourth-order valence-corrected chi connectivity index (χ4v) is 4.39. The van der Waals surface area contributed by atoms with Crippen LogP contribution in [-0.4, -0.2) is 15.2 Å². The first kappa shape index (κ1) is 17.8. The van der Waals surface area contributed by atoms with Gasteiger partial charge in [-0.3, -0.25) is 5.10 Å². The first-order valence-corrected chi connectivity index (χ1v) is 10.1. The van der Waals surface area contributed by atoms with Crippen molar-refractivity contribution in [2.45, 2.75) is 25.7 Å². The normalized spacial score (nSPS) is 13.6. The number of H-pyrrole nitrogens is 1. The zero-order chi connectivity index (χ0) is 19.6. The monoisotopic (exact) mass is 383 g/mol. The molecule has 144 valence electrons. The van der Waals surface area contributed by atoms with Crippen molar-refractivity contribution in [3.05, 3.63) is 95.6 Å². The van der Waals surface area contributed by atoms with Crippen LogP contribution in [0.5, 0.6) is 0 Å². The van der Waals surface area contributed by atoms with Gasteiger partial charge in [-0.25, -0.2) is 9.37 Å². The maximum atomic E-state index is 15.3. The minimum Gasteiger partial charge on any atom is -0.259 e. The third-order valence-corrected chi connectivity index (χ3v) is 5.90. The molecule has 0 radical (unpaired) electrons. The highest BCUT2D eigenvalue weighted by Crippen LogP contribution is 2.32. The second kappa shape index (κ2) is 7.63. The molecular weight excluding hydrogens is 361 g/mol. The molecule has 5 rings (SSSR count). The highest BCUT2D eigenvalue weighted by atomic mass is 19.1. The number of aryl methyl sites for hydroxylation is 1. The second-order valence-electron chi connectivity index (χ2n) is 7.78. The van der Waals surface area contributed by atoms with Crippen molar-refractivity contribution in [2.75, 3.05) is 0 Å². The van der Waals surface area contributed by atoms with Gasteiger partial charge in [0.25, 0.3) is 0 Å². The number of benzene rings is 3. The molecular formula is C25H22FN3. The average molecular weight is 383 g/mol. The standard InChI is InChI=1S/C25H22FN3/c26-24-18(12-11-17-13-19-5-1-2-6-20(19)14-17)7-4-10-23(24)21-8-3-9-22(15-21)25-27-16-28-29-25/h1-10,15-17H,11-14H2,(H,27,28,29). The molecule has 0 atom stereocenters. The molecule has 0 aliphatic heterocycles. The predicted octanol–water partition coefficient (Wildman–Crippen LogP) is 5.63. The van der Waals surface area contributed by atoms with Crippen LogP contribution in [-0.2, 0) is 19.3 Å². The summed E-state index contributed by atoms with van der Waals surface area (Å²) in [7, 11) is 0. The largest absolute Gasteiger partial charge is 0.259 e. The fraction of sp³-hybridized carbons (Fsp3) is 0.200. The highest BCUT2D eigenvalue weighted by Gasteiger charge is 2.21. The van der Waals surface area contributed by atoms with Crippen molar-refractivity contribution in [2.24, 2.45) is 5.92 Å². The average Bonchev–Trinajstić information content (AvgIpc) is 3.43. The van der Waals surface area contributed by atoms with Gasteiger partial charge < -0.3 is 0 Å². The van der Waals surface area contributed by atoms with E-state index < -0.39 is 0 Å². The van der Waals surface area contributed by atoms with Gasteiger partial charge in [0.1, 0.15) is 12.1 Å². The van der Waals surface area contributed by atoms with E-state index in [0.29, 0.717) is 17.3 Å². The quantitative estimate of drug-likeness (QED) is 0.486. The SMILES string of the molecule is Fc1c(CCC2Cc3ccccc3C2)cccc1-c1cccc(-c2ncn[nH]2)c1. The molecule has 0 bridgehead atoms. The number of nitrogens with one attached hydrogen (secondary N) is 1. The number of hydrogen-bond acceptors (Lipinski definition) is 2. The smallest absolute Gasteiger partial charge is 0.155 e. The Hall–Kier alpha value is -3.27. The Morgan fingerprint density at radius 2 is 1.66 bits per heavy atom. The number of hydrogen-bond donors (Lipinski definition) is 1. The lowest BCUT2D eigenvalue weighted by Crippen LogP contribution is -2.03. The lowest BCUT2D eigenvalue weighted by Gasteiger charge is -2.12. The third kappa shape index (κ3) is 3.58. The molecule has 0 amide bonds. The van der Waals surface area contributed by atoms with Crippen LogP contribution in [0.15, 0.2) is 73.1 Å². The van der Waals surface area contributed by atoms with Crippen LogP contribution in [0.1, 0.15) is 23.1 Å². The van der Waals surface area contributed by atoms with E-state index in [-0.39, 0.29) is 5.82 Å². The molecule has 0 spiro atoms. The van der Waals surface area contributed by atoms with E-state index in [4.69, 9.17) is 0 Å². The summed E-state index contributed by atoms with van der Waals surface area (Å²) in [6.45, 7) is 0. The van der Waals surface area contributed by atoms with Gasteiger partial charge in [-0.15, -0.1) is 0 Å². The van der Waals surface area contributed by atoms with E-state index in [9.17, 15) is 0 Å². The molecule has 0 saturated heterocycles. The van der Waals surface area contributed by atoms with E-state index >= 15 is 4.39 Å². The molecule has 1 aliphatic carbocycles. The van der Waals surface area contributed by atoms with Crippen molar-refractivity contribution >= 4 is 0 Å². The number of nitrogens with zero attached hydrogens (tertiary/aromatic N) is 2. The lowest BCUT2D eigenvalue weighted by atomic mass is 9.94. The fourth-order valence-electron chi connectivity index (χ4n) is 4.39. The van der Waals surface area contributed by atoms with E-state index in [1.807, 2.05) is 42.5 Å². The Labute approximate surface area is 169 Å². The first-order chi connectivity index (χ1) is 14.3. The van der Waals surface area contributed by atoms with Gasteiger partial charge in [-0.1, -0.05) is 60.7 Å². The molecule has 1 aliphatic rings. The summed E-state index contributed by atoms with van der Waals surface area (Å²) in [4.78, 5) is 4.19. The molecule has 29 heavy (non-hydrogen) atoms. The number of rotatable bonds is 5. The molecule has 0 saturated carbocycles. The predicted molar refractivity (Wildman–Crippen MR) is 113 cm³/mol. The maximum absolute atomic E-state index is 15.3. The van der Waals surface area contributed by atoms with Gasteiger partial charge in [0.15, 0.2) is 5.82 Å². The summed E-state index contributed by atoms with van der Waals surface area (Å²) in [5.74, 6) is 1.17. The molecule has 0 unspecified atom stereocenters. The minimum absolute atomic E-state index is 0.113. The van der Waals surface area contributed by atoms with Gasteiger partial charge in [0, 0.05) is 11.1 Å². The number of aromatic amines is 1. The van der Waals surface area contributed by atoms with Crippen LogP contribution in [0.3, 0.4) is 0 Å². The van der Waals surface area contributed by atoms with E-state index in [0.717, 1.165) is 42.4 Å². The molecule has 1 N–H and O–H groups in total. The molecule has 0 fully saturated rings. The molecule has 3 aromatic carbocycles. The van der Waals surface area contributed by atoms with Gasteiger partial charge in [-0.05, 0) is 59.9 Å². The molecule has 4 aromatic rings. The second-order valence-corrected chi connectivity index (χ2v) is 7.78. The Kier molecular flexibility index (Phi) is 4.68. The maximum Gasteiger partial charge on any atom is 0.155 e. The summed E-state index contributed by atoms with van der Waals surface area (Å²) >= 11 is 0. The van der Waals surface area contributed by atoms with Crippen LogP contribution in [0.25, 0.3) is 22.5 Å². The van der Waals surface area contributed by atoms with E-state index in [1.54, 1.807) is 0 Å². The number of aromatic nitrogens is 3. The number of halogens is 1. The zero-order valence-electron chi connectivity index (χ0n) is 16.1. The van der Waals surface area contributed by atoms with Crippen LogP contribution in [0.4, 0.5) is 4.39 Å². The van der Waals surface area contributed by atoms with Crippen molar-refractivity contribution in [1.29, 1.82) is 0 Å². The van der Waals surface area contributed by atoms with Gasteiger partial charge in [0.2, 0.25) is 0 Å². The van der Waals surface area contributed by atoms with Crippen molar-refractivity contribution in [1.82, 2.24) is 15.2 Å². The van der Waals surface area contributed by atoms with E-state index in [1.165, 1.54) is 17.5 Å². The third-order valence-electron chi connectivity index (χ3n) is 5.90. The Balaban J connectivity index is 1.35. The highest BCUT2D eigenvalue weighted by molar-refractivity contribution is 5.71. The first-order valence-electron chi connectivity index (χ1n) is 10.1. The van der Waals surface area contributed by atoms with Crippen molar-refractivity contribution in [3.8, 4) is 22.5 Å².